The minimum atomic E-state index is 0.165. The topological polar surface area (TPSA) is 79.4 Å². The number of H-pyrrole nitrogens is 1. The lowest BCUT2D eigenvalue weighted by molar-refractivity contribution is -0.00569. The first-order valence-electron chi connectivity index (χ1n) is 9.72. The molecule has 2 atom stereocenters. The van der Waals surface area contributed by atoms with Gasteiger partial charge in [-0.05, 0) is 26.0 Å². The number of aromatic nitrogens is 4. The van der Waals surface area contributed by atoms with Gasteiger partial charge in [-0.2, -0.15) is 10.1 Å². The van der Waals surface area contributed by atoms with Gasteiger partial charge in [-0.15, -0.1) is 11.3 Å². The molecule has 3 aromatic rings. The number of nitrogens with one attached hydrogen (secondary N) is 1. The zero-order valence-electron chi connectivity index (χ0n) is 16.1. The highest BCUT2D eigenvalue weighted by atomic mass is 32.1. The van der Waals surface area contributed by atoms with E-state index in [0.29, 0.717) is 0 Å². The Labute approximate surface area is 167 Å². The van der Waals surface area contributed by atoms with Crippen molar-refractivity contribution in [1.29, 1.82) is 0 Å². The Morgan fingerprint density at radius 2 is 1.89 bits per heavy atom. The number of anilines is 2. The van der Waals surface area contributed by atoms with Gasteiger partial charge in [0.2, 0.25) is 5.95 Å². The fourth-order valence-corrected chi connectivity index (χ4v) is 4.99. The van der Waals surface area contributed by atoms with E-state index in [0.717, 1.165) is 71.9 Å². The largest absolute Gasteiger partial charge is 0.378 e. The number of thiophene rings is 1. The van der Waals surface area contributed by atoms with Crippen LogP contribution in [0.15, 0.2) is 18.3 Å². The van der Waals surface area contributed by atoms with Crippen LogP contribution >= 0.6 is 11.3 Å². The van der Waals surface area contributed by atoms with Crippen LogP contribution in [0.1, 0.15) is 13.8 Å². The van der Waals surface area contributed by atoms with Gasteiger partial charge in [0, 0.05) is 32.4 Å². The number of aromatic amines is 1. The molecule has 0 bridgehead atoms. The monoisotopic (exact) mass is 400 g/mol. The Hall–Kier alpha value is -2.23. The zero-order valence-corrected chi connectivity index (χ0v) is 16.9. The van der Waals surface area contributed by atoms with Crippen LogP contribution in [0.25, 0.3) is 20.8 Å². The maximum Gasteiger partial charge on any atom is 0.228 e. The molecule has 2 aliphatic heterocycles. The molecule has 2 fully saturated rings. The number of rotatable bonds is 3. The molecule has 5 rings (SSSR count). The fraction of sp³-hybridized carbons (Fsp3) is 0.526. The average Bonchev–Trinajstić information content (AvgIpc) is 3.36. The molecular formula is C19H24N6O2S. The number of hydrogen-bond acceptors (Lipinski definition) is 8. The normalized spacial score (nSPS) is 23.5. The summed E-state index contributed by atoms with van der Waals surface area (Å²) in [6, 6.07) is 4.12. The minimum absolute atomic E-state index is 0.165. The summed E-state index contributed by atoms with van der Waals surface area (Å²) in [4.78, 5) is 15.6. The maximum absolute atomic E-state index is 5.89. The van der Waals surface area contributed by atoms with E-state index in [1.165, 1.54) is 0 Å². The van der Waals surface area contributed by atoms with Gasteiger partial charge in [-0.1, -0.05) is 0 Å². The first-order chi connectivity index (χ1) is 13.7. The van der Waals surface area contributed by atoms with Crippen LogP contribution in [0.5, 0.6) is 0 Å². The second-order valence-electron chi connectivity index (χ2n) is 7.40. The number of hydrogen-bond donors (Lipinski definition) is 1. The zero-order chi connectivity index (χ0) is 19.1. The van der Waals surface area contributed by atoms with Gasteiger partial charge in [0.1, 0.15) is 0 Å². The summed E-state index contributed by atoms with van der Waals surface area (Å²) in [5.74, 6) is 1.79. The van der Waals surface area contributed by atoms with Gasteiger partial charge in [-0.25, -0.2) is 4.98 Å². The summed E-state index contributed by atoms with van der Waals surface area (Å²) in [6.07, 6.45) is 2.10. The lowest BCUT2D eigenvalue weighted by atomic mass is 10.2. The highest BCUT2D eigenvalue weighted by Gasteiger charge is 2.27. The summed E-state index contributed by atoms with van der Waals surface area (Å²) in [7, 11) is 0. The lowest BCUT2D eigenvalue weighted by Gasteiger charge is -2.36. The molecule has 0 saturated carbocycles. The van der Waals surface area contributed by atoms with Crippen LogP contribution < -0.4 is 9.80 Å². The van der Waals surface area contributed by atoms with Crippen molar-refractivity contribution in [2.45, 2.75) is 26.1 Å². The van der Waals surface area contributed by atoms with E-state index in [1.807, 2.05) is 6.07 Å². The van der Waals surface area contributed by atoms with E-state index in [4.69, 9.17) is 19.4 Å². The van der Waals surface area contributed by atoms with Crippen molar-refractivity contribution >= 4 is 33.3 Å². The SMILES string of the molecule is CC1CN(c2nc(N3CCOCC3)c3sc(-c4ccn[nH]4)cc3n2)CC(C)O1. The van der Waals surface area contributed by atoms with Crippen LogP contribution in [0.3, 0.4) is 0 Å². The highest BCUT2D eigenvalue weighted by Crippen LogP contribution is 2.38. The van der Waals surface area contributed by atoms with E-state index in [1.54, 1.807) is 17.5 Å². The van der Waals surface area contributed by atoms with Crippen molar-refractivity contribution in [2.75, 3.05) is 49.2 Å². The van der Waals surface area contributed by atoms with Gasteiger partial charge in [0.25, 0.3) is 0 Å². The van der Waals surface area contributed by atoms with Crippen LogP contribution in [0.4, 0.5) is 11.8 Å². The number of nitrogens with zero attached hydrogens (tertiary/aromatic N) is 5. The van der Waals surface area contributed by atoms with Crippen molar-refractivity contribution < 1.29 is 9.47 Å². The summed E-state index contributed by atoms with van der Waals surface area (Å²) >= 11 is 1.71. The average molecular weight is 401 g/mol. The van der Waals surface area contributed by atoms with E-state index in [9.17, 15) is 0 Å². The first kappa shape index (κ1) is 17.8. The van der Waals surface area contributed by atoms with Crippen molar-refractivity contribution in [1.82, 2.24) is 20.2 Å². The maximum atomic E-state index is 5.89. The van der Waals surface area contributed by atoms with Crippen LogP contribution in [-0.2, 0) is 9.47 Å². The van der Waals surface area contributed by atoms with Gasteiger partial charge in [0.15, 0.2) is 5.82 Å². The standard InChI is InChI=1S/C19H24N6O2S/c1-12-10-25(11-13(2)27-12)19-21-15-9-16(14-3-4-20-23-14)28-17(15)18(22-19)24-5-7-26-8-6-24/h3-4,9,12-13H,5-8,10-11H2,1-2H3,(H,20,23). The third kappa shape index (κ3) is 3.34. The van der Waals surface area contributed by atoms with Gasteiger partial charge in [-0.3, -0.25) is 5.10 Å². The summed E-state index contributed by atoms with van der Waals surface area (Å²) in [5, 5.41) is 7.14. The molecule has 8 nitrogen and oxygen atoms in total. The fourth-order valence-electron chi connectivity index (χ4n) is 3.90. The van der Waals surface area contributed by atoms with Crippen LogP contribution in [0, 0.1) is 0 Å². The smallest absolute Gasteiger partial charge is 0.228 e. The molecule has 0 radical (unpaired) electrons. The van der Waals surface area contributed by atoms with Crippen molar-refractivity contribution in [3.05, 3.63) is 18.3 Å². The third-order valence-corrected chi connectivity index (χ3v) is 6.27. The highest BCUT2D eigenvalue weighted by molar-refractivity contribution is 7.22. The Morgan fingerprint density at radius 3 is 2.61 bits per heavy atom. The minimum Gasteiger partial charge on any atom is -0.378 e. The predicted molar refractivity (Wildman–Crippen MR) is 110 cm³/mol. The number of morpholine rings is 2. The second-order valence-corrected chi connectivity index (χ2v) is 8.46. The summed E-state index contributed by atoms with van der Waals surface area (Å²) in [6.45, 7) is 8.95. The van der Waals surface area contributed by atoms with E-state index in [2.05, 4.69) is 39.9 Å². The molecule has 28 heavy (non-hydrogen) atoms. The van der Waals surface area contributed by atoms with Crippen molar-refractivity contribution in [2.24, 2.45) is 0 Å². The molecule has 0 amide bonds. The molecule has 2 saturated heterocycles. The molecule has 5 heterocycles. The molecular weight excluding hydrogens is 376 g/mol. The van der Waals surface area contributed by atoms with Gasteiger partial charge >= 0.3 is 0 Å². The second kappa shape index (κ2) is 7.31. The van der Waals surface area contributed by atoms with Gasteiger partial charge < -0.3 is 19.3 Å². The Kier molecular flexibility index (Phi) is 4.65. The molecule has 2 aliphatic rings. The van der Waals surface area contributed by atoms with E-state index in [-0.39, 0.29) is 12.2 Å². The molecule has 9 heteroatoms. The van der Waals surface area contributed by atoms with Crippen LogP contribution in [0.2, 0.25) is 0 Å². The van der Waals surface area contributed by atoms with Gasteiger partial charge in [0.05, 0.1) is 46.2 Å². The summed E-state index contributed by atoms with van der Waals surface area (Å²) < 4.78 is 12.6. The quantitative estimate of drug-likeness (QED) is 0.724. The summed E-state index contributed by atoms with van der Waals surface area (Å²) in [5.41, 5.74) is 1.99. The van der Waals surface area contributed by atoms with Crippen molar-refractivity contribution in [3.63, 3.8) is 0 Å². The number of ether oxygens (including phenoxy) is 2. The third-order valence-electron chi connectivity index (χ3n) is 5.12. The van der Waals surface area contributed by atoms with Crippen LogP contribution in [-0.4, -0.2) is 71.8 Å². The lowest BCUT2D eigenvalue weighted by Crippen LogP contribution is -2.46. The molecule has 2 unspecified atom stereocenters. The number of fused-ring (bicyclic) bond motifs is 1. The van der Waals surface area contributed by atoms with E-state index < -0.39 is 0 Å². The van der Waals surface area contributed by atoms with E-state index >= 15 is 0 Å². The molecule has 0 aliphatic carbocycles. The molecule has 0 aromatic carbocycles. The van der Waals surface area contributed by atoms with Crippen molar-refractivity contribution in [3.8, 4) is 10.6 Å². The Balaban J connectivity index is 1.60. The molecule has 3 aromatic heterocycles. The molecule has 148 valence electrons. The predicted octanol–water partition coefficient (Wildman–Crippen LogP) is 2.53. The Bertz CT molecular complexity index is 943. The Morgan fingerprint density at radius 1 is 1.11 bits per heavy atom. The molecule has 0 spiro atoms. The molecule has 1 N–H and O–H groups in total. The first-order valence-corrected chi connectivity index (χ1v) is 10.5.